The van der Waals surface area contributed by atoms with E-state index in [1.54, 1.807) is 54.8 Å². The van der Waals surface area contributed by atoms with Gasteiger partial charge in [0.1, 0.15) is 0 Å². The Morgan fingerprint density at radius 1 is 0.692 bits per heavy atom. The Kier molecular flexibility index (Phi) is 43.9. The number of thiocarbonyl (C=S) groups is 1. The topological polar surface area (TPSA) is 147 Å². The number of esters is 1. The van der Waals surface area contributed by atoms with Crippen molar-refractivity contribution in [3.8, 4) is 0 Å². The van der Waals surface area contributed by atoms with E-state index in [1.165, 1.54) is 18.7 Å². The third-order valence-electron chi connectivity index (χ3n) is 7.21. The van der Waals surface area contributed by atoms with Crippen molar-refractivity contribution in [1.29, 1.82) is 5.41 Å². The van der Waals surface area contributed by atoms with Crippen LogP contribution in [0.5, 0.6) is 0 Å². The van der Waals surface area contributed by atoms with Crippen LogP contribution in [0.2, 0.25) is 40.2 Å². The summed E-state index contributed by atoms with van der Waals surface area (Å²) in [5.41, 5.74) is 18.8. The van der Waals surface area contributed by atoms with E-state index < -0.39 is 0 Å². The van der Waals surface area contributed by atoms with E-state index in [2.05, 4.69) is 43.2 Å². The van der Waals surface area contributed by atoms with Gasteiger partial charge in [-0.15, -0.1) is 35.2 Å². The Bertz CT molecular complexity index is 1920. The van der Waals surface area contributed by atoms with Crippen LogP contribution >= 0.6 is 153 Å². The first-order chi connectivity index (χ1) is 29.6. The molecule has 6 rings (SSSR count). The summed E-state index contributed by atoms with van der Waals surface area (Å²) >= 11 is 63.0. The monoisotopic (exact) mass is 1380 g/mol. The molecular formula is C42H47Cl9Cs2N4O4S4. The summed E-state index contributed by atoms with van der Waals surface area (Å²) in [5.74, 6) is 3.28. The van der Waals surface area contributed by atoms with Gasteiger partial charge in [-0.25, -0.2) is 13.2 Å². The molecule has 2 heterocycles. The maximum atomic E-state index is 10.4. The van der Waals surface area contributed by atoms with Crippen molar-refractivity contribution in [2.45, 2.75) is 68.5 Å². The zero-order chi connectivity index (χ0) is 47.6. The second kappa shape index (κ2) is 40.6. The van der Waals surface area contributed by atoms with Crippen molar-refractivity contribution >= 4 is 169 Å². The number of thioether (sulfide) groups is 2. The average Bonchev–Trinajstić information content (AvgIpc) is 3.78. The number of alkyl halides is 1. The SMILES string of the molecule is CC(=O)OC1C[C@@H](C)[CH-]O1.C[C@H]1[CH-]OC(SCc2cc(Cl)cc(Cl)c2)C1.ClCc1cc(Cl)cc(Cl)c1.N=C(N)SCc1cc(Cl)cc(Cl)c1.NC(N)=S.SCc1cc(Cl)cc(Cl)c1.[Cs+].[Cs+]. The zero-order valence-electron chi connectivity index (χ0n) is 36.1. The molecule has 0 aromatic heterocycles. The van der Waals surface area contributed by atoms with E-state index in [0.717, 1.165) is 40.8 Å². The Morgan fingerprint density at radius 3 is 1.35 bits per heavy atom. The number of halogens is 9. The minimum atomic E-state index is -0.340. The molecule has 348 valence electrons. The molecule has 0 bridgehead atoms. The number of hydrogen-bond donors (Lipinski definition) is 5. The van der Waals surface area contributed by atoms with Gasteiger partial charge < -0.3 is 31.4 Å². The molecule has 0 amide bonds. The molecule has 2 fully saturated rings. The summed E-state index contributed by atoms with van der Waals surface area (Å²) in [6.45, 7) is 9.18. The molecule has 2 unspecified atom stereocenters. The number of carbonyl (C=O) groups is 1. The largest absolute Gasteiger partial charge is 1.00 e. The molecule has 0 saturated carbocycles. The standard InChI is InChI=1S/C12H13Cl2OS.C8H8Cl2N2S.C7H5Cl3.C7H6Cl2S.C7H11O3.CH4N2S.2Cs/c1-8-2-12(15-6-8)16-7-9-3-10(13)5-11(14)4-9;9-6-1-5(2-7(10)3-6)4-13-8(11)12;8-4-5-1-6(9)3-7(10)2-5;8-6-1-5(4-10)2-7(9)3-6;1-5-3-7(9-4-5)10-6(2)8;2-1(3)4;;/h3-6,8,12H,2,7H2,1H3;1-3H,4H2,(H3,11,12);1-3H,4H2;1-3,10H,4H2;4-5,7H,3H2,1-2H3;(H4,2,3,4);;/q-1;;;;-1;;2*+1/t8-,12?;;;;5-,7?;;;/m1...1.../s1. The van der Waals surface area contributed by atoms with Gasteiger partial charge in [0, 0.05) is 70.2 Å². The van der Waals surface area contributed by atoms with Crippen LogP contribution in [0.1, 0.15) is 55.9 Å². The van der Waals surface area contributed by atoms with Crippen molar-refractivity contribution in [1.82, 2.24) is 0 Å². The summed E-state index contributed by atoms with van der Waals surface area (Å²) < 4.78 is 15.3. The Labute approximate surface area is 565 Å². The maximum Gasteiger partial charge on any atom is 1.00 e. The third-order valence-corrected chi connectivity index (χ3v) is 11.6. The molecule has 23 heteroatoms. The molecule has 2 saturated heterocycles. The van der Waals surface area contributed by atoms with Gasteiger partial charge in [0.25, 0.3) is 0 Å². The molecule has 0 spiro atoms. The van der Waals surface area contributed by atoms with Crippen molar-refractivity contribution in [3.05, 3.63) is 148 Å². The predicted octanol–water partition coefficient (Wildman–Crippen LogP) is 9.34. The van der Waals surface area contributed by atoms with Crippen molar-refractivity contribution in [3.63, 3.8) is 0 Å². The van der Waals surface area contributed by atoms with Crippen LogP contribution in [0.15, 0.2) is 72.8 Å². The minimum Gasteiger partial charge on any atom is -0.542 e. The number of hydrogen-bond acceptors (Lipinski definition) is 9. The van der Waals surface area contributed by atoms with E-state index in [4.69, 9.17) is 130 Å². The predicted molar refractivity (Wildman–Crippen MR) is 281 cm³/mol. The molecule has 4 atom stereocenters. The van der Waals surface area contributed by atoms with Crippen LogP contribution in [0.3, 0.4) is 0 Å². The Balaban J connectivity index is 0. The van der Waals surface area contributed by atoms with Gasteiger partial charge in [-0.3, -0.25) is 10.2 Å². The number of nitrogens with one attached hydrogen (secondary N) is 1. The number of amidine groups is 1. The first-order valence-electron chi connectivity index (χ1n) is 18.3. The van der Waals surface area contributed by atoms with Crippen molar-refractivity contribution < 1.29 is 157 Å². The molecule has 4 aromatic rings. The summed E-state index contributed by atoms with van der Waals surface area (Å²) in [5, 5.41) is 12.3. The number of nitrogens with two attached hydrogens (primary N) is 3. The fourth-order valence-corrected chi connectivity index (χ4v) is 9.01. The zero-order valence-corrected chi connectivity index (χ0v) is 58.8. The van der Waals surface area contributed by atoms with Crippen LogP contribution < -0.4 is 155 Å². The normalized spacial score (nSPS) is 16.5. The third kappa shape index (κ3) is 37.6. The summed E-state index contributed by atoms with van der Waals surface area (Å²) in [6.07, 6.45) is 1.52. The van der Waals surface area contributed by atoms with Crippen LogP contribution in [0.25, 0.3) is 0 Å². The second-order valence-electron chi connectivity index (χ2n) is 13.2. The van der Waals surface area contributed by atoms with Gasteiger partial charge in [-0.2, -0.15) is 12.6 Å². The molecular weight excluding hydrogens is 1340 g/mol. The fourth-order valence-electron chi connectivity index (χ4n) is 4.77. The first-order valence-corrected chi connectivity index (χ1v) is 24.9. The van der Waals surface area contributed by atoms with E-state index in [9.17, 15) is 4.79 Å². The molecule has 4 aromatic carbocycles. The van der Waals surface area contributed by atoms with Gasteiger partial charge >= 0.3 is 144 Å². The van der Waals surface area contributed by atoms with Crippen LogP contribution in [-0.4, -0.2) is 28.0 Å². The average molecular weight is 1390 g/mol. The molecule has 0 aliphatic carbocycles. The molecule has 0 radical (unpaired) electrons. The molecule has 2 aliphatic rings. The van der Waals surface area contributed by atoms with Gasteiger partial charge in [-0.05, 0) is 120 Å². The molecule has 65 heavy (non-hydrogen) atoms. The quantitative estimate of drug-likeness (QED) is 0.0220. The fraction of sp³-hybridized carbons (Fsp3) is 0.310. The number of rotatable bonds is 8. The summed E-state index contributed by atoms with van der Waals surface area (Å²) in [6, 6.07) is 21.6. The molecule has 8 nitrogen and oxygen atoms in total. The van der Waals surface area contributed by atoms with Crippen LogP contribution in [0, 0.1) is 30.5 Å². The Hall–Kier alpha value is 3.19. The number of ether oxygens (including phenoxy) is 3. The number of carbonyl (C=O) groups excluding carboxylic acids is 1. The van der Waals surface area contributed by atoms with Crippen molar-refractivity contribution in [2.75, 3.05) is 0 Å². The van der Waals surface area contributed by atoms with Gasteiger partial charge in [0.05, 0.1) is 5.44 Å². The van der Waals surface area contributed by atoms with Crippen LogP contribution in [-0.2, 0) is 42.1 Å². The smallest absolute Gasteiger partial charge is 0.542 e. The van der Waals surface area contributed by atoms with E-state index >= 15 is 0 Å². The molecule has 2 aliphatic heterocycles. The molecule has 7 N–H and O–H groups in total. The summed E-state index contributed by atoms with van der Waals surface area (Å²) in [7, 11) is 0. The minimum absolute atomic E-state index is 0. The first kappa shape index (κ1) is 70.3. The maximum absolute atomic E-state index is 10.4. The second-order valence-corrected chi connectivity index (χ2v) is 19.9. The van der Waals surface area contributed by atoms with Gasteiger partial charge in [0.2, 0.25) is 0 Å². The van der Waals surface area contributed by atoms with E-state index in [1.807, 2.05) is 49.9 Å². The summed E-state index contributed by atoms with van der Waals surface area (Å²) in [4.78, 5) is 10.4. The van der Waals surface area contributed by atoms with E-state index in [0.29, 0.717) is 69.4 Å². The van der Waals surface area contributed by atoms with Gasteiger partial charge in [-0.1, -0.05) is 118 Å². The number of benzene rings is 4. The number of thiol groups is 1. The Morgan fingerprint density at radius 2 is 1.05 bits per heavy atom. The van der Waals surface area contributed by atoms with Crippen molar-refractivity contribution in [2.24, 2.45) is 29.0 Å². The van der Waals surface area contributed by atoms with Gasteiger partial charge in [0.15, 0.2) is 16.6 Å². The van der Waals surface area contributed by atoms with Crippen LogP contribution in [0.4, 0.5) is 0 Å². The van der Waals surface area contributed by atoms with E-state index in [-0.39, 0.29) is 166 Å².